The van der Waals surface area contributed by atoms with E-state index in [4.69, 9.17) is 23.0 Å². The van der Waals surface area contributed by atoms with Crippen molar-refractivity contribution in [3.05, 3.63) is 103 Å². The van der Waals surface area contributed by atoms with Gasteiger partial charge in [0.05, 0.1) is 13.0 Å². The zero-order chi connectivity index (χ0) is 42.4. The monoisotopic (exact) mass is 840 g/mol. The molecule has 4 aromatic heterocycles. The van der Waals surface area contributed by atoms with Crippen molar-refractivity contribution in [2.24, 2.45) is 5.92 Å². The Morgan fingerprint density at radius 2 is 1.32 bits per heavy atom. The maximum absolute atomic E-state index is 13.0. The number of piperidine rings is 1. The number of hydrogen-bond acceptors (Lipinski definition) is 12. The first-order valence-electron chi connectivity index (χ1n) is 19.5. The number of fused-ring (bicyclic) bond motifs is 2. The lowest BCUT2D eigenvalue weighted by atomic mass is 9.94. The van der Waals surface area contributed by atoms with Gasteiger partial charge in [0.2, 0.25) is 0 Å². The van der Waals surface area contributed by atoms with Crippen LogP contribution in [-0.2, 0) is 19.1 Å². The molecule has 14 heteroatoms. The lowest BCUT2D eigenvalue weighted by Crippen LogP contribution is -2.46. The van der Waals surface area contributed by atoms with Crippen LogP contribution in [-0.4, -0.2) is 73.6 Å². The predicted molar refractivity (Wildman–Crippen MR) is 230 cm³/mol. The molecule has 0 aliphatic carbocycles. The smallest absolute Gasteiger partial charge is 0.336 e. The molecule has 59 heavy (non-hydrogen) atoms. The van der Waals surface area contributed by atoms with Gasteiger partial charge in [-0.1, -0.05) is 0 Å². The summed E-state index contributed by atoms with van der Waals surface area (Å²) in [5, 5.41) is 5.64. The first kappa shape index (κ1) is 42.9. The van der Waals surface area contributed by atoms with Crippen LogP contribution in [0.3, 0.4) is 0 Å². The van der Waals surface area contributed by atoms with E-state index in [-0.39, 0.29) is 23.7 Å². The molecule has 0 spiro atoms. The molecule has 7 rings (SSSR count). The molecular weight excluding hydrogens is 793 g/mol. The van der Waals surface area contributed by atoms with Crippen molar-refractivity contribution in [2.75, 3.05) is 33.8 Å². The number of esters is 1. The van der Waals surface area contributed by atoms with E-state index in [1.165, 1.54) is 17.0 Å². The number of likely N-dealkylation sites (tertiary alicyclic amines) is 1. The fourth-order valence-electron chi connectivity index (χ4n) is 7.12. The van der Waals surface area contributed by atoms with Gasteiger partial charge in [-0.05, 0) is 112 Å². The van der Waals surface area contributed by atoms with Crippen LogP contribution in [0.15, 0.2) is 89.8 Å². The van der Waals surface area contributed by atoms with Gasteiger partial charge in [0.15, 0.2) is 12.2 Å². The van der Waals surface area contributed by atoms with Crippen LogP contribution in [0.1, 0.15) is 51.2 Å². The normalized spacial score (nSPS) is 14.9. The highest BCUT2D eigenvalue weighted by Gasteiger charge is 2.29. The molecule has 1 aliphatic rings. The number of aryl methyl sites for hydroxylation is 2. The van der Waals surface area contributed by atoms with E-state index in [1.807, 2.05) is 48.9 Å². The van der Waals surface area contributed by atoms with Crippen LogP contribution in [0.2, 0.25) is 0 Å². The molecule has 0 bridgehead atoms. The van der Waals surface area contributed by atoms with Crippen LogP contribution in [0.25, 0.3) is 42.8 Å². The summed E-state index contributed by atoms with van der Waals surface area (Å²) in [6.07, 6.45) is 0.722. The summed E-state index contributed by atoms with van der Waals surface area (Å²) in [6, 6.07) is 17.7. The molecule has 0 saturated carbocycles. The Labute approximate surface area is 349 Å². The quantitative estimate of drug-likeness (QED) is 0.0920. The van der Waals surface area contributed by atoms with Gasteiger partial charge < -0.3 is 32.8 Å². The van der Waals surface area contributed by atoms with E-state index in [1.54, 1.807) is 86.7 Å². The molecule has 0 N–H and O–H groups in total. The molecule has 12 nitrogen and oxygen atoms in total. The van der Waals surface area contributed by atoms with E-state index in [9.17, 15) is 24.0 Å². The molecule has 310 valence electrons. The number of rotatable bonds is 11. The molecule has 1 fully saturated rings. The van der Waals surface area contributed by atoms with Crippen LogP contribution in [0.4, 0.5) is 0 Å². The van der Waals surface area contributed by atoms with Crippen molar-refractivity contribution in [3.8, 4) is 32.4 Å². The lowest BCUT2D eigenvalue weighted by Gasteiger charge is -2.34. The number of benzene rings is 2. The van der Waals surface area contributed by atoms with Gasteiger partial charge in [0.1, 0.15) is 22.7 Å². The highest BCUT2D eigenvalue weighted by Crippen LogP contribution is 2.36. The van der Waals surface area contributed by atoms with E-state index in [0.717, 1.165) is 55.6 Å². The molecule has 0 unspecified atom stereocenters. The third kappa shape index (κ3) is 10.3. The van der Waals surface area contributed by atoms with Crippen molar-refractivity contribution in [3.63, 3.8) is 0 Å². The average molecular weight is 841 g/mol. The van der Waals surface area contributed by atoms with Crippen molar-refractivity contribution < 1.29 is 37.4 Å². The average Bonchev–Trinajstić information content (AvgIpc) is 3.83. The molecule has 2 aromatic carbocycles. The molecule has 0 radical (unpaired) electrons. The molecule has 6 aromatic rings. The standard InChI is InChI=1S/C26H29NO6S.C19H19NO4S/c1-4-31-23(28)12-18-6-5-10-27(15-18)26(30)17(3)32-19-7-8-20-21(25-16(2)9-11-34-25)14-24(29)33-22(20)13-19;1-11-7-8-25-18(11)15-10-17(21)24-16-9-13(5-6-14(15)16)23-12(2)19(22)20(3)4/h7-9,11,13-14,17-18H,4-6,10,12,15H2,1-3H3;5-10,12H,1-4H3/t17-,18-;12-/m11/s1. The molecule has 2 amide bonds. The van der Waals surface area contributed by atoms with Gasteiger partial charge in [-0.25, -0.2) is 9.59 Å². The summed E-state index contributed by atoms with van der Waals surface area (Å²) in [4.78, 5) is 66.3. The zero-order valence-electron chi connectivity index (χ0n) is 34.2. The minimum absolute atomic E-state index is 0.0954. The van der Waals surface area contributed by atoms with E-state index < -0.39 is 23.5 Å². The predicted octanol–water partition coefficient (Wildman–Crippen LogP) is 8.47. The SMILES string of the molecule is CCOC(=O)C[C@H]1CCCN(C(=O)[C@@H](C)Oc2ccc3c(-c4sccc4C)cc(=O)oc3c2)C1.Cc1ccsc1-c1cc(=O)oc2cc(O[C@H](C)C(=O)N(C)C)ccc12. The Hall–Kier alpha value is -5.73. The van der Waals surface area contributed by atoms with Crippen molar-refractivity contribution in [1.82, 2.24) is 9.80 Å². The van der Waals surface area contributed by atoms with Gasteiger partial charge in [-0.2, -0.15) is 0 Å². The lowest BCUT2D eigenvalue weighted by molar-refractivity contribution is -0.147. The highest BCUT2D eigenvalue weighted by molar-refractivity contribution is 7.14. The second kappa shape index (κ2) is 18.9. The minimum atomic E-state index is -0.715. The molecular formula is C45H48N2O10S2. The first-order valence-corrected chi connectivity index (χ1v) is 21.2. The Morgan fingerprint density at radius 1 is 0.797 bits per heavy atom. The Morgan fingerprint density at radius 3 is 1.80 bits per heavy atom. The summed E-state index contributed by atoms with van der Waals surface area (Å²) in [6.45, 7) is 10.7. The number of amides is 2. The third-order valence-corrected chi connectivity index (χ3v) is 12.1. The molecule has 1 saturated heterocycles. The number of hydrogen-bond donors (Lipinski definition) is 0. The number of thiophene rings is 2. The summed E-state index contributed by atoms with van der Waals surface area (Å²) in [5.74, 6) is 0.552. The third-order valence-electron chi connectivity index (χ3n) is 10.00. The maximum atomic E-state index is 13.0. The summed E-state index contributed by atoms with van der Waals surface area (Å²) in [7, 11) is 3.36. The number of carbonyl (C=O) groups is 3. The Balaban J connectivity index is 0.000000208. The van der Waals surface area contributed by atoms with Gasteiger partial charge in [-0.3, -0.25) is 14.4 Å². The summed E-state index contributed by atoms with van der Waals surface area (Å²) < 4.78 is 27.5. The van der Waals surface area contributed by atoms with Gasteiger partial charge in [-0.15, -0.1) is 22.7 Å². The minimum Gasteiger partial charge on any atom is -0.481 e. The molecule has 5 heterocycles. The fourth-order valence-corrected chi connectivity index (χ4v) is 9.04. The zero-order valence-corrected chi connectivity index (χ0v) is 35.8. The van der Waals surface area contributed by atoms with Crippen LogP contribution in [0, 0.1) is 19.8 Å². The van der Waals surface area contributed by atoms with E-state index >= 15 is 0 Å². The maximum Gasteiger partial charge on any atom is 0.336 e. The van der Waals surface area contributed by atoms with Crippen LogP contribution in [0.5, 0.6) is 11.5 Å². The van der Waals surface area contributed by atoms with Crippen LogP contribution < -0.4 is 20.7 Å². The number of nitrogens with zero attached hydrogens (tertiary/aromatic N) is 2. The number of ether oxygens (including phenoxy) is 3. The van der Waals surface area contributed by atoms with Gasteiger partial charge in [0.25, 0.3) is 11.8 Å². The Bertz CT molecular complexity index is 2590. The van der Waals surface area contributed by atoms with Crippen molar-refractivity contribution in [2.45, 2.75) is 66.1 Å². The number of likely N-dealkylation sites (N-methyl/N-ethyl adjacent to an activating group) is 1. The largest absolute Gasteiger partial charge is 0.481 e. The van der Waals surface area contributed by atoms with Crippen LogP contribution >= 0.6 is 22.7 Å². The van der Waals surface area contributed by atoms with E-state index in [0.29, 0.717) is 48.8 Å². The fraction of sp³-hybridized carbons (Fsp3) is 0.356. The van der Waals surface area contributed by atoms with Crippen molar-refractivity contribution >= 4 is 62.4 Å². The first-order chi connectivity index (χ1) is 28.2. The van der Waals surface area contributed by atoms with E-state index in [2.05, 4.69) is 0 Å². The Kier molecular flexibility index (Phi) is 13.7. The molecule has 1 aliphatic heterocycles. The van der Waals surface area contributed by atoms with Crippen molar-refractivity contribution in [1.29, 1.82) is 0 Å². The second-order valence-electron chi connectivity index (χ2n) is 14.7. The summed E-state index contributed by atoms with van der Waals surface area (Å²) in [5.41, 5.74) is 3.90. The summed E-state index contributed by atoms with van der Waals surface area (Å²) >= 11 is 3.16. The topological polar surface area (TPSA) is 146 Å². The highest BCUT2D eigenvalue weighted by atomic mass is 32.1. The number of carbonyl (C=O) groups excluding carboxylic acids is 3. The second-order valence-corrected chi connectivity index (χ2v) is 16.5. The molecule has 3 atom stereocenters. The van der Waals surface area contributed by atoms with Gasteiger partial charge >= 0.3 is 17.2 Å². The van der Waals surface area contributed by atoms with Gasteiger partial charge in [0, 0.05) is 83.1 Å².